The summed E-state index contributed by atoms with van der Waals surface area (Å²) in [6.45, 7) is 0. The third kappa shape index (κ3) is 4.47. The lowest BCUT2D eigenvalue weighted by Gasteiger charge is -2.36. The lowest BCUT2D eigenvalue weighted by molar-refractivity contribution is 0.174. The van der Waals surface area contributed by atoms with Crippen LogP contribution in [0, 0.1) is 0 Å². The van der Waals surface area contributed by atoms with Crippen LogP contribution in [0.4, 0.5) is 0 Å². The second-order valence-corrected chi connectivity index (χ2v) is 9.94. The average Bonchev–Trinajstić information content (AvgIpc) is 3.40. The highest BCUT2D eigenvalue weighted by Crippen LogP contribution is 2.44. The summed E-state index contributed by atoms with van der Waals surface area (Å²) in [5.74, 6) is 0.921. The molecule has 1 aliphatic carbocycles. The van der Waals surface area contributed by atoms with E-state index in [0.717, 1.165) is 31.6 Å². The minimum atomic E-state index is -0.0323. The van der Waals surface area contributed by atoms with Crippen molar-refractivity contribution in [2.24, 2.45) is 0 Å². The van der Waals surface area contributed by atoms with Crippen molar-refractivity contribution >= 4 is 40.7 Å². The molecule has 160 valence electrons. The van der Waals surface area contributed by atoms with Crippen molar-refractivity contribution in [1.82, 2.24) is 15.2 Å². The van der Waals surface area contributed by atoms with E-state index in [2.05, 4.69) is 27.3 Å². The van der Waals surface area contributed by atoms with Gasteiger partial charge in [0, 0.05) is 22.2 Å². The molecule has 2 unspecified atom stereocenters. The Hall–Kier alpha value is -2.02. The monoisotopic (exact) mass is 469 g/mol. The molecule has 5 rings (SSSR count). The predicted molar refractivity (Wildman–Crippen MR) is 128 cm³/mol. The van der Waals surface area contributed by atoms with E-state index < -0.39 is 0 Å². The summed E-state index contributed by atoms with van der Waals surface area (Å²) < 4.78 is 6.38. The zero-order chi connectivity index (χ0) is 21.2. The molecule has 4 nitrogen and oxygen atoms in total. The molecule has 2 atom stereocenters. The SMILES string of the molecule is S=C1NC(c2ccccn2)C(c2ccc(Sc3ccc(Cl)cc3)o2)N1C1CCCCC1. The largest absolute Gasteiger partial charge is 0.452 e. The maximum absolute atomic E-state index is 6.38. The standard InChI is InChI=1S/C24H24ClN3OS2/c25-16-9-11-18(12-10-16)31-21-14-13-20(29-21)23-22(19-8-4-5-15-26-19)27-24(30)28(23)17-6-2-1-3-7-17/h4-5,8-15,17,22-23H,1-3,6-7H2,(H,27,30). The van der Waals surface area contributed by atoms with Gasteiger partial charge in [-0.25, -0.2) is 0 Å². The molecule has 0 bridgehead atoms. The Labute approximate surface area is 197 Å². The predicted octanol–water partition coefficient (Wildman–Crippen LogP) is 6.78. The average molecular weight is 470 g/mol. The number of furan rings is 1. The van der Waals surface area contributed by atoms with Gasteiger partial charge in [0.15, 0.2) is 10.2 Å². The van der Waals surface area contributed by atoms with E-state index in [-0.39, 0.29) is 12.1 Å². The number of halogens is 1. The Kier molecular flexibility index (Phi) is 6.21. The van der Waals surface area contributed by atoms with E-state index in [0.29, 0.717) is 6.04 Å². The number of pyridine rings is 1. The first-order valence-corrected chi connectivity index (χ1v) is 12.3. The van der Waals surface area contributed by atoms with Crippen molar-refractivity contribution in [3.05, 3.63) is 77.3 Å². The van der Waals surface area contributed by atoms with Crippen LogP contribution < -0.4 is 5.32 Å². The smallest absolute Gasteiger partial charge is 0.170 e. The molecule has 0 spiro atoms. The van der Waals surface area contributed by atoms with Gasteiger partial charge in [0.2, 0.25) is 0 Å². The minimum absolute atomic E-state index is 0.00920. The van der Waals surface area contributed by atoms with Gasteiger partial charge < -0.3 is 14.6 Å². The number of benzene rings is 1. The van der Waals surface area contributed by atoms with E-state index in [4.69, 9.17) is 28.2 Å². The van der Waals surface area contributed by atoms with Gasteiger partial charge in [0.25, 0.3) is 0 Å². The molecule has 7 heteroatoms. The molecular weight excluding hydrogens is 446 g/mol. The highest BCUT2D eigenvalue weighted by atomic mass is 35.5. The first-order chi connectivity index (χ1) is 15.2. The Bertz CT molecular complexity index is 1030. The normalized spacial score (nSPS) is 22.0. The Morgan fingerprint density at radius 3 is 2.58 bits per heavy atom. The zero-order valence-corrected chi connectivity index (χ0v) is 19.4. The van der Waals surface area contributed by atoms with Crippen molar-refractivity contribution < 1.29 is 4.42 Å². The Morgan fingerprint density at radius 1 is 1.03 bits per heavy atom. The first kappa shape index (κ1) is 20.9. The quantitative estimate of drug-likeness (QED) is 0.415. The van der Waals surface area contributed by atoms with Gasteiger partial charge in [-0.3, -0.25) is 4.98 Å². The van der Waals surface area contributed by atoms with Crippen molar-refractivity contribution in [3.63, 3.8) is 0 Å². The van der Waals surface area contributed by atoms with Crippen LogP contribution in [0.1, 0.15) is 55.6 Å². The van der Waals surface area contributed by atoms with Crippen LogP contribution >= 0.6 is 35.6 Å². The molecule has 2 aliphatic rings. The van der Waals surface area contributed by atoms with Crippen LogP contribution in [-0.4, -0.2) is 21.0 Å². The summed E-state index contributed by atoms with van der Waals surface area (Å²) in [6, 6.07) is 18.4. The number of thiocarbonyl (C=S) groups is 1. The first-order valence-electron chi connectivity index (χ1n) is 10.7. The summed E-state index contributed by atoms with van der Waals surface area (Å²) in [7, 11) is 0. The summed E-state index contributed by atoms with van der Waals surface area (Å²) in [5.41, 5.74) is 0.983. The fraction of sp³-hybridized carbons (Fsp3) is 0.333. The van der Waals surface area contributed by atoms with Gasteiger partial charge in [0.05, 0.1) is 11.7 Å². The van der Waals surface area contributed by atoms with Crippen LogP contribution in [0.15, 0.2) is 75.2 Å². The highest BCUT2D eigenvalue weighted by molar-refractivity contribution is 7.99. The van der Waals surface area contributed by atoms with Gasteiger partial charge in [-0.1, -0.05) is 48.7 Å². The molecule has 3 heterocycles. The van der Waals surface area contributed by atoms with Crippen LogP contribution in [0.5, 0.6) is 0 Å². The van der Waals surface area contributed by atoms with Gasteiger partial charge in [-0.05, 0) is 73.6 Å². The van der Waals surface area contributed by atoms with E-state index >= 15 is 0 Å². The maximum atomic E-state index is 6.38. The van der Waals surface area contributed by atoms with Crippen molar-refractivity contribution in [2.45, 2.75) is 60.2 Å². The van der Waals surface area contributed by atoms with Gasteiger partial charge >= 0.3 is 0 Å². The van der Waals surface area contributed by atoms with Crippen LogP contribution in [0.2, 0.25) is 5.02 Å². The highest BCUT2D eigenvalue weighted by Gasteiger charge is 2.44. The molecule has 1 saturated heterocycles. The number of aromatic nitrogens is 1. The Morgan fingerprint density at radius 2 is 1.84 bits per heavy atom. The fourth-order valence-corrected chi connectivity index (χ4v) is 5.88. The molecule has 3 aromatic rings. The molecule has 1 saturated carbocycles. The summed E-state index contributed by atoms with van der Waals surface area (Å²) in [4.78, 5) is 8.10. The summed E-state index contributed by atoms with van der Waals surface area (Å²) in [5, 5.41) is 5.94. The molecule has 1 aliphatic heterocycles. The lowest BCUT2D eigenvalue weighted by Crippen LogP contribution is -2.40. The van der Waals surface area contributed by atoms with E-state index in [9.17, 15) is 0 Å². The molecule has 1 aromatic carbocycles. The van der Waals surface area contributed by atoms with E-state index in [1.165, 1.54) is 32.1 Å². The van der Waals surface area contributed by atoms with Gasteiger partial charge in [0.1, 0.15) is 11.8 Å². The lowest BCUT2D eigenvalue weighted by atomic mass is 9.92. The van der Waals surface area contributed by atoms with Crippen LogP contribution in [-0.2, 0) is 0 Å². The molecule has 1 N–H and O–H groups in total. The fourth-order valence-electron chi connectivity index (χ4n) is 4.59. The van der Waals surface area contributed by atoms with E-state index in [1.54, 1.807) is 11.8 Å². The minimum Gasteiger partial charge on any atom is -0.452 e. The molecule has 31 heavy (non-hydrogen) atoms. The number of nitrogens with one attached hydrogen (secondary N) is 1. The molecule has 0 radical (unpaired) electrons. The number of rotatable bonds is 5. The number of hydrogen-bond acceptors (Lipinski definition) is 4. The molecule has 2 fully saturated rings. The van der Waals surface area contributed by atoms with Crippen molar-refractivity contribution in [1.29, 1.82) is 0 Å². The van der Waals surface area contributed by atoms with Crippen molar-refractivity contribution in [3.8, 4) is 0 Å². The summed E-state index contributed by atoms with van der Waals surface area (Å²) in [6.07, 6.45) is 7.98. The Balaban J connectivity index is 1.46. The maximum Gasteiger partial charge on any atom is 0.170 e. The zero-order valence-electron chi connectivity index (χ0n) is 17.0. The topological polar surface area (TPSA) is 41.3 Å². The van der Waals surface area contributed by atoms with Gasteiger partial charge in [-0.15, -0.1) is 0 Å². The number of hydrogen-bond donors (Lipinski definition) is 1. The second-order valence-electron chi connectivity index (χ2n) is 8.04. The number of nitrogens with zero attached hydrogens (tertiary/aromatic N) is 2. The van der Waals surface area contributed by atoms with E-state index in [1.807, 2.05) is 48.7 Å². The molecular formula is C24H24ClN3OS2. The van der Waals surface area contributed by atoms with Crippen molar-refractivity contribution in [2.75, 3.05) is 0 Å². The van der Waals surface area contributed by atoms with Crippen LogP contribution in [0.3, 0.4) is 0 Å². The van der Waals surface area contributed by atoms with Crippen LogP contribution in [0.25, 0.3) is 0 Å². The molecule has 0 amide bonds. The molecule has 2 aromatic heterocycles. The summed E-state index contributed by atoms with van der Waals surface area (Å²) >= 11 is 13.4. The van der Waals surface area contributed by atoms with Gasteiger partial charge in [-0.2, -0.15) is 0 Å². The second kappa shape index (κ2) is 9.23. The third-order valence-electron chi connectivity index (χ3n) is 6.03. The third-order valence-corrected chi connectivity index (χ3v) is 7.54.